The standard InChI is InChI=1S/C19H20ClFN5O6PS/c20-11-5-9(21)1-2-10(11)12-3-4-29-33(34,32-12)30-6-13-15(27)16(28)19(31-13)26-8-25-14-17(22)23-7-24-18(14)26/h1-2,5,7-8,12-13,15-16,19,27-28H,3-4,6H2,(H2,22,23,24)/t12?,13-,15?,16?,19-,33?/m1/s1. The molecule has 4 N–H and O–H groups in total. The normalized spacial score (nSPS) is 31.8. The highest BCUT2D eigenvalue weighted by molar-refractivity contribution is 8.07. The molecule has 2 fully saturated rings. The number of fused-ring (bicyclic) bond motifs is 1. The van der Waals surface area contributed by atoms with Crippen LogP contribution in [0.1, 0.15) is 24.3 Å². The number of nitrogens with two attached hydrogens (primary N) is 1. The number of rotatable bonds is 5. The second kappa shape index (κ2) is 9.34. The molecule has 2 aliphatic heterocycles. The van der Waals surface area contributed by atoms with E-state index in [0.29, 0.717) is 23.1 Å². The second-order valence-electron chi connectivity index (χ2n) is 7.75. The number of aliphatic hydroxyl groups excluding tert-OH is 2. The fraction of sp³-hybridized carbons (Fsp3) is 0.421. The highest BCUT2D eigenvalue weighted by Crippen LogP contribution is 2.58. The van der Waals surface area contributed by atoms with Crippen molar-refractivity contribution in [3.8, 4) is 0 Å². The first kappa shape index (κ1) is 23.9. The Bertz CT molecular complexity index is 1270. The van der Waals surface area contributed by atoms with Gasteiger partial charge in [-0.15, -0.1) is 0 Å². The highest BCUT2D eigenvalue weighted by atomic mass is 35.5. The number of imidazole rings is 1. The zero-order chi connectivity index (χ0) is 24.0. The number of nitrogen functional groups attached to an aromatic ring is 1. The SMILES string of the molecule is Nc1ncnc2c1ncn2[C@@H]1O[C@H](COP2(=S)OCCC(c3ccc(F)cc3Cl)O2)C(O)C1O. The monoisotopic (exact) mass is 531 g/mol. The number of ether oxygens (including phenoxy) is 1. The van der Waals surface area contributed by atoms with Gasteiger partial charge in [0.05, 0.1) is 25.6 Å². The van der Waals surface area contributed by atoms with Gasteiger partial charge in [-0.1, -0.05) is 17.7 Å². The lowest BCUT2D eigenvalue weighted by Gasteiger charge is -2.33. The number of anilines is 1. The van der Waals surface area contributed by atoms with Crippen molar-refractivity contribution in [1.29, 1.82) is 0 Å². The second-order valence-corrected chi connectivity index (χ2v) is 11.1. The Hall–Kier alpha value is -1.80. The molecule has 0 spiro atoms. The first-order valence-corrected chi connectivity index (χ1v) is 13.2. The molecule has 6 atom stereocenters. The van der Waals surface area contributed by atoms with Gasteiger partial charge in [-0.05, 0) is 23.9 Å². The number of hydrogen-bond acceptors (Lipinski definition) is 11. The number of halogens is 2. The minimum atomic E-state index is -3.24. The molecular formula is C19H20ClFN5O6PS. The molecule has 2 saturated heterocycles. The van der Waals surface area contributed by atoms with Gasteiger partial charge in [0.15, 0.2) is 17.7 Å². The summed E-state index contributed by atoms with van der Waals surface area (Å²) in [5.41, 5.74) is 7.07. The zero-order valence-corrected chi connectivity index (χ0v) is 19.9. The van der Waals surface area contributed by atoms with Crippen molar-refractivity contribution < 1.29 is 32.9 Å². The van der Waals surface area contributed by atoms with Gasteiger partial charge in [0.2, 0.25) is 0 Å². The smallest absolute Gasteiger partial charge is 0.327 e. The van der Waals surface area contributed by atoms with Crippen molar-refractivity contribution in [3.63, 3.8) is 0 Å². The van der Waals surface area contributed by atoms with E-state index in [-0.39, 0.29) is 24.1 Å². The van der Waals surface area contributed by atoms with Crippen molar-refractivity contribution in [2.45, 2.75) is 37.1 Å². The number of benzene rings is 1. The molecule has 0 amide bonds. The molecule has 4 unspecified atom stereocenters. The van der Waals surface area contributed by atoms with Crippen LogP contribution in [0.4, 0.5) is 10.2 Å². The molecule has 0 bridgehead atoms. The third kappa shape index (κ3) is 4.43. The predicted molar refractivity (Wildman–Crippen MR) is 122 cm³/mol. The van der Waals surface area contributed by atoms with Crippen molar-refractivity contribution in [2.24, 2.45) is 0 Å². The predicted octanol–water partition coefficient (Wildman–Crippen LogP) is 2.24. The van der Waals surface area contributed by atoms with E-state index in [1.165, 1.54) is 35.4 Å². The number of hydrogen-bond donors (Lipinski definition) is 3. The van der Waals surface area contributed by atoms with Crippen molar-refractivity contribution >= 4 is 47.1 Å². The van der Waals surface area contributed by atoms with Crippen LogP contribution in [-0.2, 0) is 30.1 Å². The van der Waals surface area contributed by atoms with Gasteiger partial charge in [0.25, 0.3) is 0 Å². The van der Waals surface area contributed by atoms with E-state index in [9.17, 15) is 14.6 Å². The lowest BCUT2D eigenvalue weighted by molar-refractivity contribution is -0.0533. The summed E-state index contributed by atoms with van der Waals surface area (Å²) in [7, 11) is 0. The molecule has 4 heterocycles. The van der Waals surface area contributed by atoms with Crippen LogP contribution in [0.3, 0.4) is 0 Å². The molecule has 1 aromatic carbocycles. The van der Waals surface area contributed by atoms with Gasteiger partial charge < -0.3 is 34.3 Å². The average molecular weight is 532 g/mol. The van der Waals surface area contributed by atoms with Gasteiger partial charge in [0, 0.05) is 17.0 Å². The molecule has 0 saturated carbocycles. The van der Waals surface area contributed by atoms with E-state index < -0.39 is 43.2 Å². The molecule has 5 rings (SSSR count). The Morgan fingerprint density at radius 2 is 2.12 bits per heavy atom. The van der Waals surface area contributed by atoms with Crippen LogP contribution >= 0.6 is 18.3 Å². The summed E-state index contributed by atoms with van der Waals surface area (Å²) in [4.78, 5) is 12.2. The van der Waals surface area contributed by atoms with Crippen LogP contribution in [0, 0.1) is 5.82 Å². The topological polar surface area (TPSA) is 147 Å². The minimum Gasteiger partial charge on any atom is -0.387 e. The van der Waals surface area contributed by atoms with E-state index in [2.05, 4.69) is 15.0 Å². The first-order valence-electron chi connectivity index (χ1n) is 10.2. The molecule has 3 aromatic rings. The third-order valence-corrected chi connectivity index (χ3v) is 8.29. The van der Waals surface area contributed by atoms with Crippen LogP contribution < -0.4 is 5.73 Å². The van der Waals surface area contributed by atoms with Crippen molar-refractivity contribution in [1.82, 2.24) is 19.5 Å². The lowest BCUT2D eigenvalue weighted by Crippen LogP contribution is -2.34. The van der Waals surface area contributed by atoms with Crippen LogP contribution in [0.2, 0.25) is 5.02 Å². The number of aliphatic hydroxyl groups is 2. The molecule has 34 heavy (non-hydrogen) atoms. The van der Waals surface area contributed by atoms with E-state index in [1.54, 1.807) is 0 Å². The molecule has 2 aliphatic rings. The maximum absolute atomic E-state index is 13.4. The summed E-state index contributed by atoms with van der Waals surface area (Å²) in [5.74, 6) is -0.284. The van der Waals surface area contributed by atoms with Crippen molar-refractivity contribution in [3.05, 3.63) is 47.3 Å². The summed E-state index contributed by atoms with van der Waals surface area (Å²) in [5, 5.41) is 21.4. The Labute approximate surface area is 202 Å². The Morgan fingerprint density at radius 3 is 2.91 bits per heavy atom. The summed E-state index contributed by atoms with van der Waals surface area (Å²) in [6.07, 6.45) is -1.97. The molecule has 0 radical (unpaired) electrons. The molecule has 15 heteroatoms. The zero-order valence-electron chi connectivity index (χ0n) is 17.4. The molecule has 0 aliphatic carbocycles. The van der Waals surface area contributed by atoms with Gasteiger partial charge in [-0.3, -0.25) is 4.57 Å². The molecular weight excluding hydrogens is 512 g/mol. The molecule has 11 nitrogen and oxygen atoms in total. The van der Waals surface area contributed by atoms with E-state index >= 15 is 0 Å². The van der Waals surface area contributed by atoms with Crippen LogP contribution in [0.5, 0.6) is 0 Å². The Kier molecular flexibility index (Phi) is 6.57. The summed E-state index contributed by atoms with van der Waals surface area (Å²) >= 11 is 11.6. The fourth-order valence-electron chi connectivity index (χ4n) is 3.87. The number of aromatic nitrogens is 4. The maximum Gasteiger partial charge on any atom is 0.327 e. The molecule has 182 valence electrons. The minimum absolute atomic E-state index is 0.178. The van der Waals surface area contributed by atoms with E-state index in [4.69, 9.17) is 47.4 Å². The Balaban J connectivity index is 1.28. The fourth-order valence-corrected chi connectivity index (χ4v) is 6.26. The van der Waals surface area contributed by atoms with Gasteiger partial charge in [0.1, 0.15) is 36.0 Å². The average Bonchev–Trinajstić information content (AvgIpc) is 3.35. The van der Waals surface area contributed by atoms with E-state index in [0.717, 1.165) is 0 Å². The van der Waals surface area contributed by atoms with Crippen LogP contribution in [-0.4, -0.2) is 61.3 Å². The van der Waals surface area contributed by atoms with Crippen molar-refractivity contribution in [2.75, 3.05) is 18.9 Å². The van der Waals surface area contributed by atoms with Crippen LogP contribution in [0.25, 0.3) is 11.2 Å². The van der Waals surface area contributed by atoms with Crippen LogP contribution in [0.15, 0.2) is 30.9 Å². The third-order valence-electron chi connectivity index (χ3n) is 5.59. The van der Waals surface area contributed by atoms with Gasteiger partial charge in [-0.2, -0.15) is 0 Å². The van der Waals surface area contributed by atoms with Gasteiger partial charge >= 0.3 is 6.72 Å². The highest BCUT2D eigenvalue weighted by Gasteiger charge is 2.45. The van der Waals surface area contributed by atoms with Gasteiger partial charge in [-0.25, -0.2) is 19.3 Å². The maximum atomic E-state index is 13.4. The Morgan fingerprint density at radius 1 is 1.29 bits per heavy atom. The quantitative estimate of drug-likeness (QED) is 0.416. The number of nitrogens with zero attached hydrogens (tertiary/aromatic N) is 4. The summed E-state index contributed by atoms with van der Waals surface area (Å²) in [6, 6.07) is 4.01. The lowest BCUT2D eigenvalue weighted by atomic mass is 10.1. The first-order chi connectivity index (χ1) is 16.3. The molecule has 2 aromatic heterocycles. The van der Waals surface area contributed by atoms with E-state index in [1.807, 2.05) is 0 Å². The largest absolute Gasteiger partial charge is 0.387 e. The summed E-state index contributed by atoms with van der Waals surface area (Å²) < 4.78 is 38.0. The summed E-state index contributed by atoms with van der Waals surface area (Å²) in [6.45, 7) is -3.20.